The van der Waals surface area contributed by atoms with Crippen molar-refractivity contribution >= 4 is 40.1 Å². The van der Waals surface area contributed by atoms with Gasteiger partial charge in [-0.1, -0.05) is 0 Å². The van der Waals surface area contributed by atoms with Crippen molar-refractivity contribution in [2.45, 2.75) is 74.1 Å². The van der Waals surface area contributed by atoms with Crippen molar-refractivity contribution in [3.8, 4) is 0 Å². The van der Waals surface area contributed by atoms with E-state index in [-0.39, 0.29) is 12.5 Å². The molecule has 29 heavy (non-hydrogen) atoms. The molecule has 7 nitrogen and oxygen atoms in total. The molecule has 0 aliphatic carbocycles. The van der Waals surface area contributed by atoms with Crippen LogP contribution in [0.15, 0.2) is 29.3 Å². The number of hydrogen-bond donors (Lipinski definition) is 1. The summed E-state index contributed by atoms with van der Waals surface area (Å²) in [6.07, 6.45) is -1.53. The average molecular weight is 512 g/mol. The first-order chi connectivity index (χ1) is 13.0. The predicted octanol–water partition coefficient (Wildman–Crippen LogP) is 4.22. The predicted molar refractivity (Wildman–Crippen MR) is 119 cm³/mol. The topological polar surface area (TPSA) is 94.2 Å². The number of amides is 2. The van der Waals surface area contributed by atoms with Gasteiger partial charge >= 0.3 is 179 Å². The summed E-state index contributed by atoms with van der Waals surface area (Å²) in [4.78, 5) is 36.7. The number of benzene rings is 1. The van der Waals surface area contributed by atoms with Crippen LogP contribution in [0.4, 0.5) is 9.59 Å². The summed E-state index contributed by atoms with van der Waals surface area (Å²) in [5, 5.41) is 0. The zero-order chi connectivity index (χ0) is 22.6. The van der Waals surface area contributed by atoms with Gasteiger partial charge in [0.15, 0.2) is 0 Å². The van der Waals surface area contributed by atoms with Gasteiger partial charge in [-0.25, -0.2) is 0 Å². The van der Waals surface area contributed by atoms with Crippen molar-refractivity contribution in [1.29, 1.82) is 0 Å². The second-order valence-corrected chi connectivity index (χ2v) is 24.5. The van der Waals surface area contributed by atoms with E-state index in [1.165, 1.54) is 3.58 Å². The third-order valence-corrected chi connectivity index (χ3v) is 9.45. The zero-order valence-electron chi connectivity index (χ0n) is 19.1. The van der Waals surface area contributed by atoms with E-state index in [1.54, 1.807) is 41.5 Å². The van der Waals surface area contributed by atoms with E-state index in [0.29, 0.717) is 0 Å². The third kappa shape index (κ3) is 9.51. The number of carbonyl (C=O) groups is 2. The molecule has 1 aromatic rings. The molecule has 0 radical (unpaired) electrons. The molecule has 0 fully saturated rings. The maximum atomic E-state index is 12.8. The summed E-state index contributed by atoms with van der Waals surface area (Å²) >= 11 is -2.29. The molecule has 2 N–H and O–H groups in total. The Morgan fingerprint density at radius 3 is 2.07 bits per heavy atom. The quantitative estimate of drug-likeness (QED) is 0.372. The Bertz CT molecular complexity index is 771. The van der Waals surface area contributed by atoms with Crippen LogP contribution in [0.1, 0.15) is 47.1 Å². The molecule has 0 saturated carbocycles. The molecule has 0 unspecified atom stereocenters. The second-order valence-electron chi connectivity index (χ2n) is 9.97. The second kappa shape index (κ2) is 9.36. The van der Waals surface area contributed by atoms with Crippen LogP contribution in [0.5, 0.6) is 0 Å². The van der Waals surface area contributed by atoms with Crippen LogP contribution in [0, 0.1) is 0 Å². The fraction of sp³-hybridized carbons (Fsp3) is 0.571. The minimum atomic E-state index is -2.29. The molecule has 0 bridgehead atoms. The number of rotatable bonds is 3. The average Bonchev–Trinajstić information content (AvgIpc) is 2.48. The Hall–Kier alpha value is -1.77. The van der Waals surface area contributed by atoms with Gasteiger partial charge in [0.1, 0.15) is 0 Å². The first-order valence-electron chi connectivity index (χ1n) is 9.65. The Kier molecular flexibility index (Phi) is 8.16. The van der Waals surface area contributed by atoms with Gasteiger partial charge in [-0.2, -0.15) is 0 Å². The van der Waals surface area contributed by atoms with E-state index in [9.17, 15) is 9.59 Å². The van der Waals surface area contributed by atoms with E-state index in [1.807, 2.05) is 12.1 Å². The van der Waals surface area contributed by atoms with Crippen LogP contribution in [-0.2, 0) is 16.0 Å². The number of aliphatic imine (C=N–C) groups is 1. The van der Waals surface area contributed by atoms with Crippen molar-refractivity contribution < 1.29 is 19.1 Å². The van der Waals surface area contributed by atoms with E-state index < -0.39 is 41.8 Å². The number of nitrogens with two attached hydrogens (primary N) is 1. The van der Waals surface area contributed by atoms with E-state index >= 15 is 0 Å². The van der Waals surface area contributed by atoms with Crippen LogP contribution < -0.4 is 9.31 Å². The maximum absolute atomic E-state index is 12.8. The molecule has 162 valence electrons. The Labute approximate surface area is 178 Å². The van der Waals surface area contributed by atoms with Crippen LogP contribution in [0.3, 0.4) is 0 Å². The molecule has 2 amide bonds. The fourth-order valence-corrected chi connectivity index (χ4v) is 5.78. The Morgan fingerprint density at radius 2 is 1.59 bits per heavy atom. The van der Waals surface area contributed by atoms with Crippen LogP contribution in [0.2, 0.25) is 14.8 Å². The van der Waals surface area contributed by atoms with Crippen LogP contribution in [-0.4, -0.2) is 52.6 Å². The molecule has 0 aliphatic heterocycles. The molecule has 0 atom stereocenters. The SMILES string of the molecule is CC(C)(C)OC(=O)N=C(N)N(Cc1ccc[c]([Sn]([CH3])([CH3])[CH3])c1)C(=O)OC(C)(C)C. The summed E-state index contributed by atoms with van der Waals surface area (Å²) in [6.45, 7) is 10.6. The summed E-state index contributed by atoms with van der Waals surface area (Å²) in [6, 6.07) is 8.10. The molecule has 8 heteroatoms. The Balaban J connectivity index is 3.22. The Morgan fingerprint density at radius 1 is 1.03 bits per heavy atom. The standard InChI is InChI=1S/C18H26N3O4.3CH3.Sn/c1-17(2,3)24-15(22)20-14(19)21(16(23)25-18(4,5)6)12-13-10-8-7-9-11-13;;;;/h7-8,10-11H,12H2,1-6H3,(H2,19,20,22);3*1H3;. The summed E-state index contributed by atoms with van der Waals surface area (Å²) in [7, 11) is 0. The van der Waals surface area contributed by atoms with Crippen LogP contribution >= 0.6 is 0 Å². The molecule has 0 spiro atoms. The van der Waals surface area contributed by atoms with Crippen molar-refractivity contribution in [1.82, 2.24) is 4.90 Å². The van der Waals surface area contributed by atoms with Crippen molar-refractivity contribution in [3.05, 3.63) is 29.8 Å². The van der Waals surface area contributed by atoms with E-state index in [0.717, 1.165) is 10.5 Å². The van der Waals surface area contributed by atoms with Gasteiger partial charge in [0.25, 0.3) is 0 Å². The van der Waals surface area contributed by atoms with Crippen molar-refractivity contribution in [2.75, 3.05) is 0 Å². The normalized spacial score (nSPS) is 13.1. The van der Waals surface area contributed by atoms with Gasteiger partial charge in [0, 0.05) is 0 Å². The molecule has 0 aromatic heterocycles. The molecule has 1 aromatic carbocycles. The van der Waals surface area contributed by atoms with E-state index in [4.69, 9.17) is 15.2 Å². The van der Waals surface area contributed by atoms with Gasteiger partial charge in [-0.3, -0.25) is 0 Å². The summed E-state index contributed by atoms with van der Waals surface area (Å²) < 4.78 is 12.0. The number of nitrogens with zero attached hydrogens (tertiary/aromatic N) is 2. The van der Waals surface area contributed by atoms with Gasteiger partial charge < -0.3 is 0 Å². The number of carbonyl (C=O) groups excluding carboxylic acids is 2. The van der Waals surface area contributed by atoms with Gasteiger partial charge in [0.2, 0.25) is 0 Å². The first kappa shape index (κ1) is 25.3. The summed E-state index contributed by atoms with van der Waals surface area (Å²) in [5.41, 5.74) is 5.47. The van der Waals surface area contributed by atoms with Gasteiger partial charge in [-0.05, 0) is 0 Å². The van der Waals surface area contributed by atoms with Crippen molar-refractivity contribution in [3.63, 3.8) is 0 Å². The first-order valence-corrected chi connectivity index (χ1v) is 19.6. The molecule has 0 heterocycles. The van der Waals surface area contributed by atoms with Gasteiger partial charge in [0.05, 0.1) is 0 Å². The molecular weight excluding hydrogens is 477 g/mol. The molecule has 0 saturated heterocycles. The zero-order valence-corrected chi connectivity index (χ0v) is 22.0. The monoisotopic (exact) mass is 513 g/mol. The molecule has 0 aliphatic rings. The number of ether oxygens (including phenoxy) is 2. The minimum absolute atomic E-state index is 0.142. The van der Waals surface area contributed by atoms with Crippen molar-refractivity contribution in [2.24, 2.45) is 10.7 Å². The van der Waals surface area contributed by atoms with E-state index in [2.05, 4.69) is 31.9 Å². The fourth-order valence-electron chi connectivity index (χ4n) is 2.31. The summed E-state index contributed by atoms with van der Waals surface area (Å²) in [5.74, 6) is -0.266. The molecular formula is C21H35N3O4Sn. The molecule has 1 rings (SSSR count). The van der Waals surface area contributed by atoms with Gasteiger partial charge in [-0.15, -0.1) is 0 Å². The number of guanidine groups is 1. The third-order valence-electron chi connectivity index (χ3n) is 3.62. The van der Waals surface area contributed by atoms with Crippen LogP contribution in [0.25, 0.3) is 0 Å². The number of hydrogen-bond acceptors (Lipinski definition) is 4.